The van der Waals surface area contributed by atoms with Crippen molar-refractivity contribution in [2.45, 2.75) is 20.3 Å². The molecule has 1 heterocycles. The van der Waals surface area contributed by atoms with E-state index >= 15 is 0 Å². The predicted octanol–water partition coefficient (Wildman–Crippen LogP) is -0.0434. The lowest BCUT2D eigenvalue weighted by Crippen LogP contribution is -2.23. The van der Waals surface area contributed by atoms with Crippen molar-refractivity contribution in [2.75, 3.05) is 13.1 Å². The fourth-order valence-electron chi connectivity index (χ4n) is 1.05. The molecule has 0 aliphatic heterocycles. The molecule has 0 saturated heterocycles. The van der Waals surface area contributed by atoms with E-state index in [4.69, 9.17) is 10.3 Å². The molecule has 0 fully saturated rings. The maximum Gasteiger partial charge on any atom is 0.292 e. The number of carbonyl (C=O) groups is 1. The Hall–Kier alpha value is -1.43. The van der Waals surface area contributed by atoms with Gasteiger partial charge in [-0.2, -0.15) is 4.98 Å². The molecule has 0 aliphatic carbocycles. The van der Waals surface area contributed by atoms with Crippen molar-refractivity contribution in [1.29, 1.82) is 0 Å². The van der Waals surface area contributed by atoms with E-state index in [1.165, 1.54) is 0 Å². The summed E-state index contributed by atoms with van der Waals surface area (Å²) in [5.41, 5.74) is 5.47. The van der Waals surface area contributed by atoms with E-state index < -0.39 is 0 Å². The minimum absolute atomic E-state index is 0.0797. The fourth-order valence-corrected chi connectivity index (χ4v) is 1.05. The van der Waals surface area contributed by atoms with Gasteiger partial charge in [-0.15, -0.1) is 0 Å². The van der Waals surface area contributed by atoms with Crippen LogP contribution in [0.15, 0.2) is 4.52 Å². The number of aromatic nitrogens is 2. The van der Waals surface area contributed by atoms with Gasteiger partial charge in [-0.25, -0.2) is 0 Å². The number of nitrogens with two attached hydrogens (primary N) is 1. The van der Waals surface area contributed by atoms with Gasteiger partial charge in [0.1, 0.15) is 0 Å². The first-order valence-electron chi connectivity index (χ1n) is 4.98. The van der Waals surface area contributed by atoms with Crippen LogP contribution in [-0.4, -0.2) is 29.1 Å². The van der Waals surface area contributed by atoms with Crippen molar-refractivity contribution in [2.24, 2.45) is 11.7 Å². The first-order chi connectivity index (χ1) is 7.17. The zero-order valence-corrected chi connectivity index (χ0v) is 8.99. The first-order valence-corrected chi connectivity index (χ1v) is 4.98. The van der Waals surface area contributed by atoms with Gasteiger partial charge in [0.05, 0.1) is 0 Å². The predicted molar refractivity (Wildman–Crippen MR) is 54.2 cm³/mol. The second-order valence-electron chi connectivity index (χ2n) is 3.42. The number of carbonyl (C=O) groups excluding carboxylic acids is 1. The maximum absolute atomic E-state index is 11.3. The molecule has 0 radical (unpaired) electrons. The van der Waals surface area contributed by atoms with E-state index in [1.54, 1.807) is 0 Å². The number of amides is 1. The van der Waals surface area contributed by atoms with Gasteiger partial charge in [0.25, 0.3) is 11.7 Å². The monoisotopic (exact) mass is 212 g/mol. The summed E-state index contributed by atoms with van der Waals surface area (Å²) < 4.78 is 4.93. The first kappa shape index (κ1) is 11.6. The molecule has 0 aromatic carbocycles. The van der Waals surface area contributed by atoms with Crippen LogP contribution in [0.5, 0.6) is 0 Å². The SMILES string of the molecule is CCNC(=O)c1noc(CC(C)CN)n1. The molecule has 1 amide bonds. The molecule has 1 unspecified atom stereocenters. The zero-order chi connectivity index (χ0) is 11.3. The Kier molecular flexibility index (Phi) is 4.23. The topological polar surface area (TPSA) is 94.0 Å². The van der Waals surface area contributed by atoms with Gasteiger partial charge in [0.15, 0.2) is 0 Å². The van der Waals surface area contributed by atoms with Gasteiger partial charge in [-0.3, -0.25) is 4.79 Å². The van der Waals surface area contributed by atoms with E-state index in [2.05, 4.69) is 15.5 Å². The Bertz CT molecular complexity index is 324. The summed E-state index contributed by atoms with van der Waals surface area (Å²) in [6.07, 6.45) is 0.600. The van der Waals surface area contributed by atoms with E-state index in [9.17, 15) is 4.79 Å². The van der Waals surface area contributed by atoms with Crippen LogP contribution < -0.4 is 11.1 Å². The highest BCUT2D eigenvalue weighted by Gasteiger charge is 2.14. The Balaban J connectivity index is 2.59. The van der Waals surface area contributed by atoms with E-state index in [0.717, 1.165) is 0 Å². The molecule has 84 valence electrons. The number of nitrogens with one attached hydrogen (secondary N) is 1. The van der Waals surface area contributed by atoms with Crippen molar-refractivity contribution in [1.82, 2.24) is 15.5 Å². The highest BCUT2D eigenvalue weighted by molar-refractivity contribution is 5.90. The summed E-state index contributed by atoms with van der Waals surface area (Å²) in [7, 11) is 0. The summed E-state index contributed by atoms with van der Waals surface area (Å²) in [6, 6.07) is 0. The molecule has 0 spiro atoms. The smallest absolute Gasteiger partial charge is 0.292 e. The summed E-state index contributed by atoms with van der Waals surface area (Å²) >= 11 is 0. The molecular formula is C9H16N4O2. The van der Waals surface area contributed by atoms with Crippen LogP contribution >= 0.6 is 0 Å². The number of nitrogens with zero attached hydrogens (tertiary/aromatic N) is 2. The van der Waals surface area contributed by atoms with Crippen LogP contribution in [0.2, 0.25) is 0 Å². The Morgan fingerprint density at radius 2 is 2.40 bits per heavy atom. The summed E-state index contributed by atoms with van der Waals surface area (Å²) in [5.74, 6) is 0.491. The molecule has 15 heavy (non-hydrogen) atoms. The summed E-state index contributed by atoms with van der Waals surface area (Å²) in [5, 5.41) is 6.18. The summed E-state index contributed by atoms with van der Waals surface area (Å²) in [6.45, 7) is 4.91. The Labute approximate surface area is 88.2 Å². The van der Waals surface area contributed by atoms with Gasteiger partial charge >= 0.3 is 0 Å². The van der Waals surface area contributed by atoms with Gasteiger partial charge in [0, 0.05) is 13.0 Å². The normalized spacial score (nSPS) is 12.5. The lowest BCUT2D eigenvalue weighted by atomic mass is 10.1. The standard InChI is InChI=1S/C9H16N4O2/c1-3-11-9(14)8-12-7(15-13-8)4-6(2)5-10/h6H,3-5,10H2,1-2H3,(H,11,14). The van der Waals surface area contributed by atoms with Crippen molar-refractivity contribution >= 4 is 5.91 Å². The maximum atomic E-state index is 11.3. The summed E-state index contributed by atoms with van der Waals surface area (Å²) in [4.78, 5) is 15.3. The highest BCUT2D eigenvalue weighted by Crippen LogP contribution is 2.05. The molecule has 1 rings (SSSR count). The van der Waals surface area contributed by atoms with Crippen molar-refractivity contribution < 1.29 is 9.32 Å². The average molecular weight is 212 g/mol. The third kappa shape index (κ3) is 3.32. The average Bonchev–Trinajstić information content (AvgIpc) is 2.66. The largest absolute Gasteiger partial charge is 0.349 e. The number of rotatable bonds is 5. The van der Waals surface area contributed by atoms with Crippen LogP contribution in [0.4, 0.5) is 0 Å². The molecule has 0 bridgehead atoms. The Morgan fingerprint density at radius 1 is 1.67 bits per heavy atom. The quantitative estimate of drug-likeness (QED) is 0.714. The van der Waals surface area contributed by atoms with Crippen molar-refractivity contribution in [3.05, 3.63) is 11.7 Å². The van der Waals surface area contributed by atoms with Crippen LogP contribution in [-0.2, 0) is 6.42 Å². The van der Waals surface area contributed by atoms with Crippen LogP contribution in [0, 0.1) is 5.92 Å². The molecule has 0 aliphatic rings. The van der Waals surface area contributed by atoms with Crippen LogP contribution in [0.25, 0.3) is 0 Å². The van der Waals surface area contributed by atoms with Gasteiger partial charge in [0.2, 0.25) is 5.89 Å². The zero-order valence-electron chi connectivity index (χ0n) is 8.99. The Morgan fingerprint density at radius 3 is 3.00 bits per heavy atom. The van der Waals surface area contributed by atoms with Crippen molar-refractivity contribution in [3.63, 3.8) is 0 Å². The molecule has 6 nitrogen and oxygen atoms in total. The lowest BCUT2D eigenvalue weighted by Gasteiger charge is -2.01. The minimum atomic E-state index is -0.312. The van der Waals surface area contributed by atoms with Crippen molar-refractivity contribution in [3.8, 4) is 0 Å². The molecule has 6 heteroatoms. The van der Waals surface area contributed by atoms with E-state index in [0.29, 0.717) is 25.4 Å². The van der Waals surface area contributed by atoms with Gasteiger partial charge in [-0.1, -0.05) is 12.1 Å². The molecular weight excluding hydrogens is 196 g/mol. The second-order valence-corrected chi connectivity index (χ2v) is 3.42. The number of hydrogen-bond acceptors (Lipinski definition) is 5. The third-order valence-corrected chi connectivity index (χ3v) is 1.93. The third-order valence-electron chi connectivity index (χ3n) is 1.93. The lowest BCUT2D eigenvalue weighted by molar-refractivity contribution is 0.0942. The van der Waals surface area contributed by atoms with Crippen LogP contribution in [0.1, 0.15) is 30.4 Å². The van der Waals surface area contributed by atoms with Crippen LogP contribution in [0.3, 0.4) is 0 Å². The molecule has 3 N–H and O–H groups in total. The fraction of sp³-hybridized carbons (Fsp3) is 0.667. The number of hydrogen-bond donors (Lipinski definition) is 2. The molecule has 1 aromatic rings. The van der Waals surface area contributed by atoms with Gasteiger partial charge < -0.3 is 15.6 Å². The minimum Gasteiger partial charge on any atom is -0.349 e. The molecule has 1 aromatic heterocycles. The molecule has 1 atom stereocenters. The second kappa shape index (κ2) is 5.45. The highest BCUT2D eigenvalue weighted by atomic mass is 16.5. The van der Waals surface area contributed by atoms with E-state index in [-0.39, 0.29) is 17.6 Å². The van der Waals surface area contributed by atoms with E-state index in [1.807, 2.05) is 13.8 Å². The van der Waals surface area contributed by atoms with Gasteiger partial charge in [-0.05, 0) is 19.4 Å². The molecule has 0 saturated carbocycles.